The molecule has 0 spiro atoms. The number of hydrogen-bond donors (Lipinski definition) is 1. The summed E-state index contributed by atoms with van der Waals surface area (Å²) < 4.78 is 6.29. The maximum Gasteiger partial charge on any atom is 0.408 e. The van der Waals surface area contributed by atoms with Gasteiger partial charge in [-0.2, -0.15) is 15.2 Å². The number of piperazine rings is 1. The van der Waals surface area contributed by atoms with Crippen molar-refractivity contribution in [3.63, 3.8) is 0 Å². The summed E-state index contributed by atoms with van der Waals surface area (Å²) in [5.41, 5.74) is 3.92. The van der Waals surface area contributed by atoms with E-state index in [1.165, 1.54) is 11.0 Å². The standard InChI is InChI=1S/C32H34ClN7O3/c1-37-13-4-7-22(37)19-43-31-35-26-17-38(27-9-3-6-20-5-2-8-25(33)29(20)27)14-11-24(26)30(36-31)39-16-23-15-21(10-12-34)28(18-39)40(23)32(41)42/h2-3,5-6,8-10,22-23,28H,4,7,11,13-19H2,1H3,(H,41,42)/t22?,23-,28-/m1/s1. The molecule has 4 aliphatic rings. The molecule has 1 amide bonds. The number of aromatic nitrogens is 2. The van der Waals surface area contributed by atoms with Crippen LogP contribution in [0.2, 0.25) is 5.02 Å². The SMILES string of the molecule is CN1CCCC1COc1nc2c(c(N3C[C@H]4CC(=CC#N)[C@@H](C3)N4C(=O)O)n1)CCN(c1cccc3cccc(Cl)c13)C2. The van der Waals surface area contributed by atoms with Crippen LogP contribution < -0.4 is 14.5 Å². The number of benzene rings is 2. The molecule has 1 unspecified atom stereocenters. The summed E-state index contributed by atoms with van der Waals surface area (Å²) in [7, 11) is 2.12. The van der Waals surface area contributed by atoms with Crippen molar-refractivity contribution < 1.29 is 14.6 Å². The Morgan fingerprint density at radius 3 is 2.79 bits per heavy atom. The van der Waals surface area contributed by atoms with Crippen LogP contribution in [-0.4, -0.2) is 88.9 Å². The van der Waals surface area contributed by atoms with Gasteiger partial charge in [0.25, 0.3) is 0 Å². The summed E-state index contributed by atoms with van der Waals surface area (Å²) in [5.74, 6) is 0.814. The predicted octanol–water partition coefficient (Wildman–Crippen LogP) is 4.71. The Bertz CT molecular complexity index is 1650. The average Bonchev–Trinajstić information content (AvgIpc) is 3.52. The van der Waals surface area contributed by atoms with E-state index in [2.05, 4.69) is 52.1 Å². The Labute approximate surface area is 255 Å². The van der Waals surface area contributed by atoms with Crippen molar-refractivity contribution in [2.75, 3.05) is 49.6 Å². The van der Waals surface area contributed by atoms with Crippen molar-refractivity contribution in [2.45, 2.75) is 50.4 Å². The van der Waals surface area contributed by atoms with Gasteiger partial charge >= 0.3 is 12.1 Å². The lowest BCUT2D eigenvalue weighted by molar-refractivity contribution is 0.117. The molecule has 43 heavy (non-hydrogen) atoms. The maximum atomic E-state index is 12.2. The second-order valence-electron chi connectivity index (χ2n) is 11.9. The first kappa shape index (κ1) is 27.7. The van der Waals surface area contributed by atoms with E-state index < -0.39 is 6.09 Å². The third kappa shape index (κ3) is 5.00. The topological polar surface area (TPSA) is 109 Å². The Kier molecular flexibility index (Phi) is 7.23. The normalized spacial score (nSPS) is 24.4. The van der Waals surface area contributed by atoms with E-state index in [1.807, 2.05) is 12.1 Å². The minimum Gasteiger partial charge on any atom is -0.465 e. The number of anilines is 2. The Hall–Kier alpha value is -4.07. The van der Waals surface area contributed by atoms with Crippen LogP contribution in [0.25, 0.3) is 10.8 Å². The van der Waals surface area contributed by atoms with Crippen LogP contribution in [0.3, 0.4) is 0 Å². The van der Waals surface area contributed by atoms with Gasteiger partial charge in [0.15, 0.2) is 0 Å². The molecule has 2 aromatic carbocycles. The molecular weight excluding hydrogens is 566 g/mol. The van der Waals surface area contributed by atoms with Gasteiger partial charge in [-0.3, -0.25) is 4.90 Å². The van der Waals surface area contributed by atoms with Gasteiger partial charge < -0.3 is 24.5 Å². The summed E-state index contributed by atoms with van der Waals surface area (Å²) in [6.45, 7) is 3.86. The van der Waals surface area contributed by atoms with Crippen molar-refractivity contribution in [1.29, 1.82) is 5.26 Å². The fourth-order valence-corrected chi connectivity index (χ4v) is 7.63. The van der Waals surface area contributed by atoms with Gasteiger partial charge in [0, 0.05) is 48.4 Å². The first-order valence-corrected chi connectivity index (χ1v) is 15.3. The van der Waals surface area contributed by atoms with Gasteiger partial charge in [0.1, 0.15) is 12.4 Å². The summed E-state index contributed by atoms with van der Waals surface area (Å²) in [6.07, 6.45) is 4.08. The van der Waals surface area contributed by atoms with Crippen LogP contribution in [-0.2, 0) is 13.0 Å². The number of fused-ring (bicyclic) bond motifs is 4. The lowest BCUT2D eigenvalue weighted by Crippen LogP contribution is -2.56. The van der Waals surface area contributed by atoms with E-state index in [9.17, 15) is 15.2 Å². The molecule has 0 aliphatic carbocycles. The van der Waals surface area contributed by atoms with E-state index in [4.69, 9.17) is 26.3 Å². The lowest BCUT2D eigenvalue weighted by atomic mass is 10.0. The molecule has 3 saturated heterocycles. The van der Waals surface area contributed by atoms with Gasteiger partial charge in [0.05, 0.1) is 35.4 Å². The smallest absolute Gasteiger partial charge is 0.408 e. The van der Waals surface area contributed by atoms with Gasteiger partial charge in [-0.1, -0.05) is 35.9 Å². The summed E-state index contributed by atoms with van der Waals surface area (Å²) >= 11 is 6.70. The number of hydrogen-bond acceptors (Lipinski definition) is 8. The fraction of sp³-hybridized carbons (Fsp3) is 0.438. The molecule has 11 heteroatoms. The Morgan fingerprint density at radius 2 is 2.02 bits per heavy atom. The van der Waals surface area contributed by atoms with Crippen molar-refractivity contribution in [3.8, 4) is 12.1 Å². The monoisotopic (exact) mass is 599 g/mol. The van der Waals surface area contributed by atoms with Gasteiger partial charge in [-0.25, -0.2) is 4.79 Å². The van der Waals surface area contributed by atoms with Gasteiger partial charge in [-0.15, -0.1) is 0 Å². The third-order valence-electron chi connectivity index (χ3n) is 9.49. The number of nitrogens with zero attached hydrogens (tertiary/aromatic N) is 7. The molecule has 3 fully saturated rings. The number of carbonyl (C=O) groups is 1. The molecule has 222 valence electrons. The highest BCUT2D eigenvalue weighted by atomic mass is 35.5. The zero-order chi connectivity index (χ0) is 29.7. The lowest BCUT2D eigenvalue weighted by Gasteiger charge is -2.41. The average molecular weight is 600 g/mol. The third-order valence-corrected chi connectivity index (χ3v) is 9.81. The predicted molar refractivity (Wildman–Crippen MR) is 165 cm³/mol. The molecule has 2 bridgehead atoms. The van der Waals surface area contributed by atoms with Crippen molar-refractivity contribution in [2.24, 2.45) is 0 Å². The number of nitriles is 1. The molecule has 1 aromatic heterocycles. The minimum absolute atomic E-state index is 0.240. The summed E-state index contributed by atoms with van der Waals surface area (Å²) in [5, 5.41) is 22.2. The number of carboxylic acid groups (broad SMARTS) is 1. The molecule has 0 saturated carbocycles. The second kappa shape index (κ2) is 11.2. The minimum atomic E-state index is -0.949. The van der Waals surface area contributed by atoms with Gasteiger partial charge in [-0.05, 0) is 62.4 Å². The van der Waals surface area contributed by atoms with Crippen LogP contribution in [0.15, 0.2) is 48.0 Å². The molecule has 3 atom stereocenters. The van der Waals surface area contributed by atoms with Crippen molar-refractivity contribution in [1.82, 2.24) is 19.8 Å². The quantitative estimate of drug-likeness (QED) is 0.417. The number of ether oxygens (including phenoxy) is 1. The first-order valence-electron chi connectivity index (χ1n) is 14.9. The van der Waals surface area contributed by atoms with Crippen molar-refractivity contribution in [3.05, 3.63) is 64.3 Å². The van der Waals surface area contributed by atoms with Crippen LogP contribution in [0, 0.1) is 11.3 Å². The largest absolute Gasteiger partial charge is 0.465 e. The molecule has 0 radical (unpaired) electrons. The number of halogens is 1. The number of likely N-dealkylation sites (tertiary alicyclic amines) is 1. The summed E-state index contributed by atoms with van der Waals surface area (Å²) in [6, 6.07) is 14.4. The van der Waals surface area contributed by atoms with Crippen molar-refractivity contribution >= 4 is 40.0 Å². The molecule has 10 nitrogen and oxygen atoms in total. The van der Waals surface area contributed by atoms with E-state index in [-0.39, 0.29) is 12.1 Å². The molecule has 1 N–H and O–H groups in total. The molecule has 3 aromatic rings. The zero-order valence-corrected chi connectivity index (χ0v) is 24.9. The Balaban J connectivity index is 1.25. The zero-order valence-electron chi connectivity index (χ0n) is 24.1. The van der Waals surface area contributed by atoms with E-state index >= 15 is 0 Å². The molecule has 7 rings (SSSR count). The highest BCUT2D eigenvalue weighted by Gasteiger charge is 2.46. The maximum absolute atomic E-state index is 12.2. The van der Waals surface area contributed by atoms with Crippen LogP contribution in [0.4, 0.5) is 16.3 Å². The highest BCUT2D eigenvalue weighted by Crippen LogP contribution is 2.40. The van der Waals surface area contributed by atoms with Crippen LogP contribution >= 0.6 is 11.6 Å². The number of allylic oxidation sites excluding steroid dienone is 1. The number of likely N-dealkylation sites (N-methyl/N-ethyl adjacent to an activating group) is 1. The Morgan fingerprint density at radius 1 is 1.19 bits per heavy atom. The molecule has 4 aliphatic heterocycles. The van der Waals surface area contributed by atoms with E-state index in [0.717, 1.165) is 76.5 Å². The van der Waals surface area contributed by atoms with E-state index in [1.54, 1.807) is 0 Å². The van der Waals surface area contributed by atoms with Crippen LogP contribution in [0.1, 0.15) is 30.5 Å². The first-order chi connectivity index (χ1) is 20.9. The summed E-state index contributed by atoms with van der Waals surface area (Å²) in [4.78, 5) is 30.4. The van der Waals surface area contributed by atoms with E-state index in [0.29, 0.717) is 44.7 Å². The molecular formula is C32H34ClN7O3. The highest BCUT2D eigenvalue weighted by molar-refractivity contribution is 6.36. The number of rotatable bonds is 5. The van der Waals surface area contributed by atoms with Crippen LogP contribution in [0.5, 0.6) is 6.01 Å². The fourth-order valence-electron chi connectivity index (χ4n) is 7.36. The molecule has 5 heterocycles. The second-order valence-corrected chi connectivity index (χ2v) is 12.4. The number of amides is 1. The van der Waals surface area contributed by atoms with Gasteiger partial charge in [0.2, 0.25) is 0 Å².